The zero-order chi connectivity index (χ0) is 16.2. The van der Waals surface area contributed by atoms with Crippen LogP contribution in [-0.4, -0.2) is 54.2 Å². The van der Waals surface area contributed by atoms with E-state index in [4.69, 9.17) is 5.11 Å². The Morgan fingerprint density at radius 3 is 2.29 bits per heavy atom. The normalized spacial score (nSPS) is 17.9. The maximum absolute atomic E-state index is 12.0. The molecular weight excluding hydrogens is 276 g/mol. The van der Waals surface area contributed by atoms with Gasteiger partial charge in [0.1, 0.15) is 6.04 Å². The van der Waals surface area contributed by atoms with Crippen molar-refractivity contribution in [1.82, 2.24) is 10.2 Å². The van der Waals surface area contributed by atoms with Gasteiger partial charge in [-0.05, 0) is 12.3 Å². The van der Waals surface area contributed by atoms with E-state index in [2.05, 4.69) is 10.1 Å². The van der Waals surface area contributed by atoms with Gasteiger partial charge >= 0.3 is 18.0 Å². The molecule has 0 saturated carbocycles. The van der Waals surface area contributed by atoms with Crippen LogP contribution in [0, 0.1) is 17.8 Å². The summed E-state index contributed by atoms with van der Waals surface area (Å²) in [6.45, 7) is 6.34. The van der Waals surface area contributed by atoms with Gasteiger partial charge in [-0.3, -0.25) is 4.79 Å². The first kappa shape index (κ1) is 17.3. The van der Waals surface area contributed by atoms with Crippen molar-refractivity contribution >= 4 is 18.0 Å². The lowest BCUT2D eigenvalue weighted by atomic mass is 9.87. The monoisotopic (exact) mass is 300 g/mol. The summed E-state index contributed by atoms with van der Waals surface area (Å²) < 4.78 is 4.69. The molecule has 0 aromatic carbocycles. The highest BCUT2D eigenvalue weighted by atomic mass is 16.5. The van der Waals surface area contributed by atoms with Crippen molar-refractivity contribution in [2.24, 2.45) is 17.8 Å². The largest absolute Gasteiger partial charge is 0.481 e. The molecule has 0 radical (unpaired) electrons. The minimum Gasteiger partial charge on any atom is -0.481 e. The number of carboxylic acid groups (broad SMARTS) is 1. The van der Waals surface area contributed by atoms with Gasteiger partial charge < -0.3 is 20.1 Å². The Balaban J connectivity index is 2.49. The van der Waals surface area contributed by atoms with Crippen LogP contribution in [0.4, 0.5) is 4.79 Å². The fourth-order valence-electron chi connectivity index (χ4n) is 2.26. The first-order valence-corrected chi connectivity index (χ1v) is 7.12. The van der Waals surface area contributed by atoms with Crippen LogP contribution in [-0.2, 0) is 14.3 Å². The molecular formula is C14H24N2O5. The van der Waals surface area contributed by atoms with E-state index in [-0.39, 0.29) is 17.9 Å². The molecule has 2 atom stereocenters. The van der Waals surface area contributed by atoms with Crippen LogP contribution < -0.4 is 5.32 Å². The zero-order valence-corrected chi connectivity index (χ0v) is 13.0. The molecule has 2 amide bonds. The number of nitrogens with one attached hydrogen (secondary N) is 1. The number of rotatable bonds is 6. The van der Waals surface area contributed by atoms with Crippen molar-refractivity contribution in [2.45, 2.75) is 33.2 Å². The van der Waals surface area contributed by atoms with Gasteiger partial charge in [-0.15, -0.1) is 0 Å². The van der Waals surface area contributed by atoms with Gasteiger partial charge in [0.25, 0.3) is 0 Å². The van der Waals surface area contributed by atoms with E-state index < -0.39 is 23.9 Å². The number of nitrogens with zero attached hydrogens (tertiary/aromatic N) is 1. The Bertz CT molecular complexity index is 404. The maximum Gasteiger partial charge on any atom is 0.328 e. The number of carboxylic acids is 1. The highest BCUT2D eigenvalue weighted by Gasteiger charge is 2.38. The molecule has 7 nitrogen and oxygen atoms in total. The number of methoxy groups -OCH3 is 1. The SMILES string of the molecule is COC(=O)C(CC(C)C)NC(=O)N1CC(C(C)C(=O)O)C1. The van der Waals surface area contributed by atoms with Crippen LogP contribution in [0.5, 0.6) is 0 Å². The second-order valence-electron chi connectivity index (χ2n) is 5.95. The van der Waals surface area contributed by atoms with E-state index in [9.17, 15) is 14.4 Å². The average Bonchev–Trinajstić information content (AvgIpc) is 2.34. The molecule has 0 aliphatic carbocycles. The van der Waals surface area contributed by atoms with Crippen LogP contribution in [0.25, 0.3) is 0 Å². The number of urea groups is 1. The predicted molar refractivity (Wildman–Crippen MR) is 75.7 cm³/mol. The standard InChI is InChI=1S/C14H24N2O5/c1-8(2)5-11(13(19)21-4)15-14(20)16-6-10(7-16)9(3)12(17)18/h8-11H,5-7H2,1-4H3,(H,15,20)(H,17,18). The van der Waals surface area contributed by atoms with Crippen molar-refractivity contribution in [3.05, 3.63) is 0 Å². The third-order valence-corrected chi connectivity index (χ3v) is 3.78. The Hall–Kier alpha value is -1.79. The summed E-state index contributed by atoms with van der Waals surface area (Å²) in [5.41, 5.74) is 0. The van der Waals surface area contributed by atoms with Gasteiger partial charge in [-0.1, -0.05) is 20.8 Å². The number of hydrogen-bond acceptors (Lipinski definition) is 4. The predicted octanol–water partition coefficient (Wildman–Crippen LogP) is 0.936. The van der Waals surface area contributed by atoms with Crippen LogP contribution >= 0.6 is 0 Å². The molecule has 0 aromatic heterocycles. The van der Waals surface area contributed by atoms with Gasteiger partial charge in [0.2, 0.25) is 0 Å². The van der Waals surface area contributed by atoms with E-state index in [0.717, 1.165) is 0 Å². The molecule has 2 N–H and O–H groups in total. The number of hydrogen-bond donors (Lipinski definition) is 2. The summed E-state index contributed by atoms with van der Waals surface area (Å²) >= 11 is 0. The zero-order valence-electron chi connectivity index (χ0n) is 13.0. The van der Waals surface area contributed by atoms with Crippen LogP contribution in [0.1, 0.15) is 27.2 Å². The molecule has 0 aromatic rings. The Morgan fingerprint density at radius 2 is 1.86 bits per heavy atom. The van der Waals surface area contributed by atoms with Crippen molar-refractivity contribution in [3.63, 3.8) is 0 Å². The second-order valence-corrected chi connectivity index (χ2v) is 5.95. The third-order valence-electron chi connectivity index (χ3n) is 3.78. The number of carbonyl (C=O) groups excluding carboxylic acids is 2. The lowest BCUT2D eigenvalue weighted by Gasteiger charge is -2.41. The Morgan fingerprint density at radius 1 is 1.29 bits per heavy atom. The van der Waals surface area contributed by atoms with E-state index in [1.807, 2.05) is 13.8 Å². The lowest BCUT2D eigenvalue weighted by molar-refractivity contribution is -0.144. The van der Waals surface area contributed by atoms with Gasteiger partial charge in [0, 0.05) is 19.0 Å². The first-order chi connectivity index (χ1) is 9.76. The smallest absolute Gasteiger partial charge is 0.328 e. The van der Waals surface area contributed by atoms with Crippen LogP contribution in [0.2, 0.25) is 0 Å². The van der Waals surface area contributed by atoms with Gasteiger partial charge in [0.15, 0.2) is 0 Å². The molecule has 21 heavy (non-hydrogen) atoms. The Labute approximate surface area is 124 Å². The summed E-state index contributed by atoms with van der Waals surface area (Å²) in [6.07, 6.45) is 0.501. The van der Waals surface area contributed by atoms with Gasteiger partial charge in [0.05, 0.1) is 13.0 Å². The first-order valence-electron chi connectivity index (χ1n) is 7.12. The average molecular weight is 300 g/mol. The summed E-state index contributed by atoms with van der Waals surface area (Å²) in [5.74, 6) is -1.58. The highest BCUT2D eigenvalue weighted by molar-refractivity contribution is 5.84. The number of amides is 2. The minimum absolute atomic E-state index is 0.0325. The van der Waals surface area contributed by atoms with Crippen molar-refractivity contribution in [1.29, 1.82) is 0 Å². The number of aliphatic carboxylic acids is 1. The number of ether oxygens (including phenoxy) is 1. The molecule has 2 unspecified atom stereocenters. The van der Waals surface area contributed by atoms with Crippen LogP contribution in [0.15, 0.2) is 0 Å². The molecule has 1 fully saturated rings. The van der Waals surface area contributed by atoms with Crippen molar-refractivity contribution in [2.75, 3.05) is 20.2 Å². The minimum atomic E-state index is -0.854. The lowest BCUT2D eigenvalue weighted by Crippen LogP contribution is -2.58. The third kappa shape index (κ3) is 4.61. The molecule has 0 spiro atoms. The summed E-state index contributed by atoms with van der Waals surface area (Å²) in [6, 6.07) is -1.02. The number of likely N-dealkylation sites (tertiary alicyclic amines) is 1. The quantitative estimate of drug-likeness (QED) is 0.712. The maximum atomic E-state index is 12.0. The number of carbonyl (C=O) groups is 3. The fourth-order valence-corrected chi connectivity index (χ4v) is 2.26. The summed E-state index contributed by atoms with van der Waals surface area (Å²) in [7, 11) is 1.29. The van der Waals surface area contributed by atoms with Crippen molar-refractivity contribution in [3.8, 4) is 0 Å². The van der Waals surface area contributed by atoms with Gasteiger partial charge in [-0.25, -0.2) is 9.59 Å². The van der Waals surface area contributed by atoms with E-state index in [1.165, 1.54) is 12.0 Å². The molecule has 1 saturated heterocycles. The fraction of sp³-hybridized carbons (Fsp3) is 0.786. The molecule has 1 aliphatic rings. The summed E-state index contributed by atoms with van der Waals surface area (Å²) in [4.78, 5) is 36.0. The summed E-state index contributed by atoms with van der Waals surface area (Å²) in [5, 5.41) is 11.6. The molecule has 1 heterocycles. The number of esters is 1. The molecule has 7 heteroatoms. The molecule has 1 aliphatic heterocycles. The van der Waals surface area contributed by atoms with E-state index >= 15 is 0 Å². The molecule has 1 rings (SSSR count). The Kier molecular flexibility index (Phi) is 5.99. The van der Waals surface area contributed by atoms with E-state index in [0.29, 0.717) is 19.5 Å². The van der Waals surface area contributed by atoms with E-state index in [1.54, 1.807) is 6.92 Å². The molecule has 0 bridgehead atoms. The highest BCUT2D eigenvalue weighted by Crippen LogP contribution is 2.24. The molecule has 120 valence electrons. The van der Waals surface area contributed by atoms with Crippen LogP contribution in [0.3, 0.4) is 0 Å². The van der Waals surface area contributed by atoms with Gasteiger partial charge in [-0.2, -0.15) is 0 Å². The second kappa shape index (κ2) is 7.28. The topological polar surface area (TPSA) is 95.9 Å². The van der Waals surface area contributed by atoms with Crippen molar-refractivity contribution < 1.29 is 24.2 Å².